The van der Waals surface area contributed by atoms with Crippen LogP contribution < -0.4 is 10.7 Å². The maximum absolute atomic E-state index is 14.7. The highest BCUT2D eigenvalue weighted by Crippen LogP contribution is 2.28. The van der Waals surface area contributed by atoms with Gasteiger partial charge in [-0.15, -0.1) is 0 Å². The fraction of sp³-hybridized carbons (Fsp3) is 0.208. The lowest BCUT2D eigenvalue weighted by atomic mass is 10.2. The minimum absolute atomic E-state index is 0.0835. The molecule has 0 atom stereocenters. The lowest BCUT2D eigenvalue weighted by Gasteiger charge is -2.20. The second kappa shape index (κ2) is 10.6. The van der Waals surface area contributed by atoms with E-state index in [1.807, 2.05) is 19.0 Å². The lowest BCUT2D eigenvalue weighted by molar-refractivity contribution is 0.0825. The summed E-state index contributed by atoms with van der Waals surface area (Å²) in [7, 11) is 5.53. The second-order valence-electron chi connectivity index (χ2n) is 8.04. The quantitative estimate of drug-likeness (QED) is 0.355. The zero-order valence-corrected chi connectivity index (χ0v) is 20.2. The molecule has 180 valence electrons. The van der Waals surface area contributed by atoms with E-state index in [9.17, 15) is 9.18 Å². The fourth-order valence-corrected chi connectivity index (χ4v) is 3.46. The van der Waals surface area contributed by atoms with Crippen molar-refractivity contribution in [3.05, 3.63) is 71.3 Å². The van der Waals surface area contributed by atoms with Crippen LogP contribution in [-0.4, -0.2) is 70.0 Å². The van der Waals surface area contributed by atoms with Gasteiger partial charge in [0, 0.05) is 37.6 Å². The molecule has 11 heteroatoms. The Balaban J connectivity index is 1.75. The molecule has 1 amide bonds. The van der Waals surface area contributed by atoms with Gasteiger partial charge in [0.2, 0.25) is 0 Å². The number of hydrogen-bond acceptors (Lipinski definition) is 8. The minimum Gasteiger partial charge on any atom is -0.369 e. The van der Waals surface area contributed by atoms with Gasteiger partial charge in [0.15, 0.2) is 17.3 Å². The molecular formula is C24H24ClFN8O. The summed E-state index contributed by atoms with van der Waals surface area (Å²) in [4.78, 5) is 32.5. The van der Waals surface area contributed by atoms with Crippen molar-refractivity contribution in [1.82, 2.24) is 29.8 Å². The van der Waals surface area contributed by atoms with Crippen molar-refractivity contribution in [2.75, 3.05) is 45.0 Å². The van der Waals surface area contributed by atoms with Crippen LogP contribution in [0.25, 0.3) is 22.4 Å². The lowest BCUT2D eigenvalue weighted by Crippen LogP contribution is -2.33. The molecule has 3 heterocycles. The van der Waals surface area contributed by atoms with Gasteiger partial charge in [-0.2, -0.15) is 0 Å². The van der Waals surface area contributed by atoms with Gasteiger partial charge < -0.3 is 10.2 Å². The number of nitrogens with zero attached hydrogens (tertiary/aromatic N) is 6. The smallest absolute Gasteiger partial charge is 0.273 e. The zero-order chi connectivity index (χ0) is 24.9. The van der Waals surface area contributed by atoms with Crippen LogP contribution in [0.3, 0.4) is 0 Å². The third-order valence-corrected chi connectivity index (χ3v) is 5.32. The summed E-state index contributed by atoms with van der Waals surface area (Å²) in [5.41, 5.74) is 3.83. The number of aromatic nitrogens is 4. The molecule has 4 aromatic rings. The largest absolute Gasteiger partial charge is 0.369 e. The van der Waals surface area contributed by atoms with E-state index in [0.717, 1.165) is 6.54 Å². The summed E-state index contributed by atoms with van der Waals surface area (Å²) in [5, 5.41) is 5.42. The molecule has 0 fully saturated rings. The predicted molar refractivity (Wildman–Crippen MR) is 135 cm³/mol. The fourth-order valence-electron chi connectivity index (χ4n) is 3.28. The molecule has 0 spiro atoms. The first kappa shape index (κ1) is 24.2. The first-order valence-corrected chi connectivity index (χ1v) is 11.2. The van der Waals surface area contributed by atoms with Crippen molar-refractivity contribution < 1.29 is 9.18 Å². The molecule has 0 aliphatic carbocycles. The monoisotopic (exact) mass is 494 g/mol. The van der Waals surface area contributed by atoms with Crippen molar-refractivity contribution in [3.63, 3.8) is 0 Å². The Morgan fingerprint density at radius 1 is 1.09 bits per heavy atom. The third-order valence-electron chi connectivity index (χ3n) is 5.08. The van der Waals surface area contributed by atoms with Gasteiger partial charge in [-0.1, -0.05) is 11.6 Å². The number of likely N-dealkylation sites (N-methyl/N-ethyl adjacent to an activating group) is 1. The minimum atomic E-state index is -0.528. The van der Waals surface area contributed by atoms with E-state index in [0.29, 0.717) is 34.0 Å². The highest BCUT2D eigenvalue weighted by molar-refractivity contribution is 6.30. The number of carbonyl (C=O) groups excluding carboxylic acids is 1. The molecular weight excluding hydrogens is 471 g/mol. The van der Waals surface area contributed by atoms with E-state index in [1.54, 1.807) is 37.5 Å². The number of nitrogens with one attached hydrogen (secondary N) is 2. The van der Waals surface area contributed by atoms with Gasteiger partial charge in [0.1, 0.15) is 11.6 Å². The summed E-state index contributed by atoms with van der Waals surface area (Å²) in [6.07, 6.45) is 3.06. The van der Waals surface area contributed by atoms with Crippen LogP contribution in [0.1, 0.15) is 10.4 Å². The van der Waals surface area contributed by atoms with Crippen molar-refractivity contribution >= 4 is 40.2 Å². The Bertz CT molecular complexity index is 1350. The summed E-state index contributed by atoms with van der Waals surface area (Å²) in [6.45, 7) is 1.50. The average molecular weight is 495 g/mol. The highest BCUT2D eigenvalue weighted by Gasteiger charge is 2.18. The van der Waals surface area contributed by atoms with E-state index >= 15 is 0 Å². The molecule has 2 N–H and O–H groups in total. The Kier molecular flexibility index (Phi) is 7.33. The summed E-state index contributed by atoms with van der Waals surface area (Å²) in [6, 6.07) is 11.1. The maximum Gasteiger partial charge on any atom is 0.273 e. The standard InChI is InChI=1S/C24H24ClFN8O/c1-33(2)12-11-28-20-9-7-17-21(29-20)30-22(18-13-16(25)6-8-19(18)26)31-23(17)32-34(3)24(35)15-5-4-10-27-14-15/h4-10,13-14H,11-12H2,1-3H3,(H2,28,29,30,31,32). The number of fused-ring (bicyclic) bond motifs is 1. The van der Waals surface area contributed by atoms with E-state index < -0.39 is 5.82 Å². The molecule has 0 aliphatic heterocycles. The maximum atomic E-state index is 14.7. The van der Waals surface area contributed by atoms with E-state index in [-0.39, 0.29) is 23.1 Å². The Morgan fingerprint density at radius 2 is 1.91 bits per heavy atom. The summed E-state index contributed by atoms with van der Waals surface area (Å²) in [5.74, 6) is 0.132. The molecule has 0 saturated heterocycles. The van der Waals surface area contributed by atoms with Crippen molar-refractivity contribution in [2.45, 2.75) is 0 Å². The number of carbonyl (C=O) groups is 1. The van der Waals surface area contributed by atoms with Gasteiger partial charge >= 0.3 is 0 Å². The van der Waals surface area contributed by atoms with Gasteiger partial charge in [-0.05, 0) is 56.6 Å². The number of halogens is 2. The predicted octanol–water partition coefficient (Wildman–Crippen LogP) is 3.95. The zero-order valence-electron chi connectivity index (χ0n) is 19.5. The molecule has 9 nitrogen and oxygen atoms in total. The van der Waals surface area contributed by atoms with E-state index in [4.69, 9.17) is 11.6 Å². The number of hydrazine groups is 1. The van der Waals surface area contributed by atoms with Crippen LogP contribution >= 0.6 is 11.6 Å². The topological polar surface area (TPSA) is 99.2 Å². The molecule has 35 heavy (non-hydrogen) atoms. The van der Waals surface area contributed by atoms with Crippen molar-refractivity contribution in [1.29, 1.82) is 0 Å². The van der Waals surface area contributed by atoms with Crippen molar-refractivity contribution in [2.24, 2.45) is 0 Å². The third kappa shape index (κ3) is 5.79. The average Bonchev–Trinajstić information content (AvgIpc) is 2.85. The van der Waals surface area contributed by atoms with Gasteiger partial charge in [0.05, 0.1) is 16.5 Å². The van der Waals surface area contributed by atoms with Crippen LogP contribution in [0.2, 0.25) is 5.02 Å². The Morgan fingerprint density at radius 3 is 2.66 bits per heavy atom. The highest BCUT2D eigenvalue weighted by atomic mass is 35.5. The molecule has 0 unspecified atom stereocenters. The molecule has 0 aliphatic rings. The number of hydrogen-bond donors (Lipinski definition) is 2. The first-order chi connectivity index (χ1) is 16.8. The number of rotatable bonds is 8. The number of amides is 1. The summed E-state index contributed by atoms with van der Waals surface area (Å²) < 4.78 is 14.7. The first-order valence-electron chi connectivity index (χ1n) is 10.8. The van der Waals surface area contributed by atoms with Gasteiger partial charge in [-0.25, -0.2) is 19.3 Å². The normalized spacial score (nSPS) is 11.0. The van der Waals surface area contributed by atoms with Crippen LogP contribution in [-0.2, 0) is 0 Å². The Hall–Kier alpha value is -3.89. The van der Waals surface area contributed by atoms with Gasteiger partial charge in [0.25, 0.3) is 5.91 Å². The van der Waals surface area contributed by atoms with Crippen LogP contribution in [0.15, 0.2) is 54.9 Å². The molecule has 1 aromatic carbocycles. The SMILES string of the molecule is CN(C)CCNc1ccc2c(NN(C)C(=O)c3cccnc3)nc(-c3cc(Cl)ccc3F)nc2n1. The number of anilines is 2. The van der Waals surface area contributed by atoms with Crippen molar-refractivity contribution in [3.8, 4) is 11.4 Å². The number of pyridine rings is 2. The molecule has 3 aromatic heterocycles. The number of benzene rings is 1. The molecule has 0 saturated carbocycles. The summed E-state index contributed by atoms with van der Waals surface area (Å²) >= 11 is 6.10. The van der Waals surface area contributed by atoms with Gasteiger partial charge in [-0.3, -0.25) is 20.2 Å². The molecule has 0 radical (unpaired) electrons. The Labute approximate surface area is 207 Å². The van der Waals surface area contributed by atoms with E-state index in [2.05, 4.69) is 30.7 Å². The second-order valence-corrected chi connectivity index (χ2v) is 8.47. The van der Waals surface area contributed by atoms with Crippen LogP contribution in [0.5, 0.6) is 0 Å². The molecule has 4 rings (SSSR count). The van der Waals surface area contributed by atoms with E-state index in [1.165, 1.54) is 29.4 Å². The van der Waals surface area contributed by atoms with Crippen LogP contribution in [0, 0.1) is 5.82 Å². The van der Waals surface area contributed by atoms with Crippen LogP contribution in [0.4, 0.5) is 16.0 Å². The molecule has 0 bridgehead atoms.